The van der Waals surface area contributed by atoms with Crippen LogP contribution in [-0.4, -0.2) is 32.3 Å². The third-order valence-corrected chi connectivity index (χ3v) is 6.11. The smallest absolute Gasteiger partial charge is 0.255 e. The molecule has 19 heavy (non-hydrogen) atoms. The summed E-state index contributed by atoms with van der Waals surface area (Å²) in [5.74, 6) is 0.407. The zero-order chi connectivity index (χ0) is 14.2. The topological polar surface area (TPSA) is 80.5 Å². The number of carbonyl (C=O) groups is 1. The second-order valence-corrected chi connectivity index (χ2v) is 7.74. The van der Waals surface area contributed by atoms with Gasteiger partial charge in [-0.15, -0.1) is 11.3 Å². The van der Waals surface area contributed by atoms with Gasteiger partial charge in [0.15, 0.2) is 0 Å². The molecular formula is C12H18N2O3S2. The molecule has 1 fully saturated rings. The van der Waals surface area contributed by atoms with E-state index >= 15 is 0 Å². The van der Waals surface area contributed by atoms with Gasteiger partial charge in [-0.05, 0) is 31.2 Å². The van der Waals surface area contributed by atoms with Crippen LogP contribution in [0.25, 0.3) is 0 Å². The maximum absolute atomic E-state index is 12.4. The molecule has 1 saturated heterocycles. The molecule has 1 aromatic rings. The number of amides is 1. The number of nitrogens with two attached hydrogens (primary N) is 1. The summed E-state index contributed by atoms with van der Waals surface area (Å²) in [6.45, 7) is 5.23. The summed E-state index contributed by atoms with van der Waals surface area (Å²) in [5.41, 5.74) is 0.929. The van der Waals surface area contributed by atoms with Crippen LogP contribution < -0.4 is 5.14 Å². The van der Waals surface area contributed by atoms with Crippen molar-refractivity contribution in [3.63, 3.8) is 0 Å². The Morgan fingerprint density at radius 1 is 1.53 bits per heavy atom. The summed E-state index contributed by atoms with van der Waals surface area (Å²) in [5, 5.41) is 6.72. The van der Waals surface area contributed by atoms with Gasteiger partial charge in [0.25, 0.3) is 5.91 Å². The standard InChI is InChI=1S/C12H18N2O3S2/c1-8-4-3-5-14(6-8)11(15)10-7-18-12(9(10)2)19(13,16)17/h7-8H,3-6H2,1-2H3,(H2,13,16,17). The molecule has 0 aliphatic carbocycles. The fourth-order valence-corrected chi connectivity index (χ4v) is 4.44. The van der Waals surface area contributed by atoms with Crippen molar-refractivity contribution >= 4 is 27.3 Å². The van der Waals surface area contributed by atoms with Crippen LogP contribution in [0, 0.1) is 12.8 Å². The number of hydrogen-bond donors (Lipinski definition) is 1. The summed E-state index contributed by atoms with van der Waals surface area (Å²) in [7, 11) is -3.74. The van der Waals surface area contributed by atoms with Crippen LogP contribution in [-0.2, 0) is 10.0 Å². The van der Waals surface area contributed by atoms with Crippen LogP contribution >= 0.6 is 11.3 Å². The molecular weight excluding hydrogens is 284 g/mol. The molecule has 0 spiro atoms. The fraction of sp³-hybridized carbons (Fsp3) is 0.583. The van der Waals surface area contributed by atoms with E-state index in [1.54, 1.807) is 17.2 Å². The van der Waals surface area contributed by atoms with Crippen LogP contribution in [0.3, 0.4) is 0 Å². The molecule has 7 heteroatoms. The number of primary sulfonamides is 1. The molecule has 0 bridgehead atoms. The summed E-state index contributed by atoms with van der Waals surface area (Å²) in [4.78, 5) is 14.2. The third kappa shape index (κ3) is 2.98. The largest absolute Gasteiger partial charge is 0.338 e. The first-order valence-corrected chi connectivity index (χ1v) is 8.63. The lowest BCUT2D eigenvalue weighted by Crippen LogP contribution is -2.39. The van der Waals surface area contributed by atoms with E-state index in [1.807, 2.05) is 0 Å². The van der Waals surface area contributed by atoms with Gasteiger partial charge in [0.2, 0.25) is 10.0 Å². The van der Waals surface area contributed by atoms with E-state index in [4.69, 9.17) is 5.14 Å². The Morgan fingerprint density at radius 2 is 2.21 bits per heavy atom. The second-order valence-electron chi connectivity index (χ2n) is 5.11. The van der Waals surface area contributed by atoms with Gasteiger partial charge in [-0.1, -0.05) is 6.92 Å². The normalized spacial score (nSPS) is 20.6. The Hall–Kier alpha value is -0.920. The van der Waals surface area contributed by atoms with E-state index in [-0.39, 0.29) is 10.1 Å². The van der Waals surface area contributed by atoms with E-state index in [0.29, 0.717) is 17.0 Å². The minimum atomic E-state index is -3.74. The molecule has 2 rings (SSSR count). The highest BCUT2D eigenvalue weighted by atomic mass is 32.2. The highest BCUT2D eigenvalue weighted by Crippen LogP contribution is 2.27. The van der Waals surface area contributed by atoms with Gasteiger partial charge >= 0.3 is 0 Å². The van der Waals surface area contributed by atoms with Crippen molar-refractivity contribution in [1.82, 2.24) is 4.90 Å². The van der Waals surface area contributed by atoms with Gasteiger partial charge in [0, 0.05) is 18.5 Å². The maximum Gasteiger partial charge on any atom is 0.255 e. The molecule has 1 aliphatic heterocycles. The molecule has 2 N–H and O–H groups in total. The average molecular weight is 302 g/mol. The fourth-order valence-electron chi connectivity index (χ4n) is 2.43. The SMILES string of the molecule is Cc1c(C(=O)N2CCCC(C)C2)csc1S(N)(=O)=O. The van der Waals surface area contributed by atoms with Crippen LogP contribution in [0.5, 0.6) is 0 Å². The van der Waals surface area contributed by atoms with Crippen molar-refractivity contribution in [2.24, 2.45) is 11.1 Å². The molecule has 106 valence electrons. The van der Waals surface area contributed by atoms with Crippen molar-refractivity contribution < 1.29 is 13.2 Å². The maximum atomic E-state index is 12.4. The second kappa shape index (κ2) is 5.22. The van der Waals surface area contributed by atoms with E-state index < -0.39 is 10.0 Å². The highest BCUT2D eigenvalue weighted by Gasteiger charge is 2.26. The molecule has 1 atom stereocenters. The van der Waals surface area contributed by atoms with Crippen molar-refractivity contribution in [1.29, 1.82) is 0 Å². The monoisotopic (exact) mass is 302 g/mol. The van der Waals surface area contributed by atoms with Crippen molar-refractivity contribution in [3.05, 3.63) is 16.5 Å². The Morgan fingerprint density at radius 3 is 2.74 bits per heavy atom. The molecule has 0 radical (unpaired) electrons. The van der Waals surface area contributed by atoms with Crippen LogP contribution in [0.15, 0.2) is 9.59 Å². The molecule has 1 amide bonds. The van der Waals surface area contributed by atoms with Gasteiger partial charge in [0.05, 0.1) is 5.56 Å². The van der Waals surface area contributed by atoms with Gasteiger partial charge in [-0.2, -0.15) is 0 Å². The summed E-state index contributed by atoms with van der Waals surface area (Å²) in [6, 6.07) is 0. The van der Waals surface area contributed by atoms with Crippen LogP contribution in [0.4, 0.5) is 0 Å². The van der Waals surface area contributed by atoms with Crippen LogP contribution in [0.2, 0.25) is 0 Å². The molecule has 5 nitrogen and oxygen atoms in total. The molecule has 0 aromatic carbocycles. The minimum absolute atomic E-state index is 0.0842. The Kier molecular flexibility index (Phi) is 3.98. The lowest BCUT2D eigenvalue weighted by molar-refractivity contribution is 0.0682. The Bertz CT molecular complexity index is 592. The van der Waals surface area contributed by atoms with E-state index in [0.717, 1.165) is 37.3 Å². The van der Waals surface area contributed by atoms with Crippen LogP contribution in [0.1, 0.15) is 35.7 Å². The van der Waals surface area contributed by atoms with Gasteiger partial charge < -0.3 is 4.90 Å². The van der Waals surface area contributed by atoms with Gasteiger partial charge in [0.1, 0.15) is 4.21 Å². The van der Waals surface area contributed by atoms with E-state index in [1.165, 1.54) is 0 Å². The summed E-state index contributed by atoms with van der Waals surface area (Å²) in [6.07, 6.45) is 2.13. The molecule has 2 heterocycles. The quantitative estimate of drug-likeness (QED) is 0.900. The number of sulfonamides is 1. The lowest BCUT2D eigenvalue weighted by atomic mass is 9.99. The number of piperidine rings is 1. The first kappa shape index (κ1) is 14.5. The third-order valence-electron chi connectivity index (χ3n) is 3.43. The predicted octanol–water partition coefficient (Wildman–Crippen LogP) is 1.58. The number of rotatable bonds is 2. The number of carbonyl (C=O) groups excluding carboxylic acids is 1. The zero-order valence-electron chi connectivity index (χ0n) is 11.0. The minimum Gasteiger partial charge on any atom is -0.338 e. The van der Waals surface area contributed by atoms with Gasteiger partial charge in [-0.3, -0.25) is 4.79 Å². The first-order chi connectivity index (χ1) is 8.80. The summed E-state index contributed by atoms with van der Waals surface area (Å²) >= 11 is 1.02. The predicted molar refractivity (Wildman–Crippen MR) is 74.7 cm³/mol. The van der Waals surface area contributed by atoms with Crippen molar-refractivity contribution in [3.8, 4) is 0 Å². The van der Waals surface area contributed by atoms with E-state index in [2.05, 4.69) is 6.92 Å². The molecule has 0 saturated carbocycles. The Labute approximate surface area is 117 Å². The average Bonchev–Trinajstić information content (AvgIpc) is 2.70. The number of hydrogen-bond acceptors (Lipinski definition) is 4. The number of likely N-dealkylation sites (tertiary alicyclic amines) is 1. The number of thiophene rings is 1. The lowest BCUT2D eigenvalue weighted by Gasteiger charge is -2.31. The molecule has 1 unspecified atom stereocenters. The van der Waals surface area contributed by atoms with Crippen molar-refractivity contribution in [2.75, 3.05) is 13.1 Å². The molecule has 1 aliphatic rings. The number of nitrogens with zero attached hydrogens (tertiary/aromatic N) is 1. The van der Waals surface area contributed by atoms with Crippen molar-refractivity contribution in [2.45, 2.75) is 30.9 Å². The Balaban J connectivity index is 2.27. The first-order valence-electron chi connectivity index (χ1n) is 6.21. The van der Waals surface area contributed by atoms with E-state index in [9.17, 15) is 13.2 Å². The highest BCUT2D eigenvalue weighted by molar-refractivity contribution is 7.91. The van der Waals surface area contributed by atoms with Gasteiger partial charge in [-0.25, -0.2) is 13.6 Å². The summed E-state index contributed by atoms with van der Waals surface area (Å²) < 4.78 is 22.8. The zero-order valence-corrected chi connectivity index (χ0v) is 12.7. The molecule has 1 aromatic heterocycles.